The van der Waals surface area contributed by atoms with Gasteiger partial charge in [0.15, 0.2) is 5.82 Å². The average molecular weight is 518 g/mol. The Labute approximate surface area is 222 Å². The number of carbonyl (C=O) groups is 1. The van der Waals surface area contributed by atoms with Crippen molar-refractivity contribution < 1.29 is 14.6 Å². The minimum absolute atomic E-state index is 0.255. The quantitative estimate of drug-likeness (QED) is 0.274. The van der Waals surface area contributed by atoms with Gasteiger partial charge in [-0.1, -0.05) is 55.5 Å². The molecule has 0 unspecified atom stereocenters. The SMILES string of the molecule is CCCc1nc(C(C)(C)O)c(C(N)=O)n1Cc1ccc(-c2ccc(-c3nnnn3CCCOC)cc2)cc1. The maximum absolute atomic E-state index is 12.4. The lowest BCUT2D eigenvalue weighted by Gasteiger charge is -2.16. The average Bonchev–Trinajstić information content (AvgIpc) is 3.50. The number of tetrazole rings is 1. The first-order valence-corrected chi connectivity index (χ1v) is 12.8. The molecule has 10 nitrogen and oxygen atoms in total. The molecule has 4 aromatic rings. The molecular formula is C28H35N7O3. The van der Waals surface area contributed by atoms with Gasteiger partial charge in [0.05, 0.1) is 0 Å². The van der Waals surface area contributed by atoms with Crippen LogP contribution in [0.4, 0.5) is 0 Å². The number of imidazole rings is 1. The number of aromatic nitrogens is 6. The Balaban J connectivity index is 1.55. The van der Waals surface area contributed by atoms with Crippen molar-refractivity contribution in [1.29, 1.82) is 0 Å². The van der Waals surface area contributed by atoms with Gasteiger partial charge in [-0.05, 0) is 53.8 Å². The fourth-order valence-corrected chi connectivity index (χ4v) is 4.48. The number of hydrogen-bond acceptors (Lipinski definition) is 7. The van der Waals surface area contributed by atoms with Gasteiger partial charge in [-0.25, -0.2) is 9.67 Å². The third-order valence-electron chi connectivity index (χ3n) is 6.35. The number of carbonyl (C=O) groups excluding carboxylic acids is 1. The number of nitrogens with zero attached hydrogens (tertiary/aromatic N) is 6. The summed E-state index contributed by atoms with van der Waals surface area (Å²) in [4.78, 5) is 17.0. The van der Waals surface area contributed by atoms with E-state index in [-0.39, 0.29) is 5.69 Å². The molecule has 200 valence electrons. The van der Waals surface area contributed by atoms with Crippen molar-refractivity contribution in [3.63, 3.8) is 0 Å². The molecule has 2 aromatic carbocycles. The van der Waals surface area contributed by atoms with Crippen LogP contribution in [0.3, 0.4) is 0 Å². The van der Waals surface area contributed by atoms with E-state index < -0.39 is 11.5 Å². The number of primary amides is 1. The fourth-order valence-electron chi connectivity index (χ4n) is 4.48. The molecule has 0 saturated heterocycles. The van der Waals surface area contributed by atoms with Crippen molar-refractivity contribution in [2.24, 2.45) is 5.73 Å². The summed E-state index contributed by atoms with van der Waals surface area (Å²) >= 11 is 0. The molecule has 0 aliphatic rings. The largest absolute Gasteiger partial charge is 0.385 e. The molecule has 1 amide bonds. The van der Waals surface area contributed by atoms with Gasteiger partial charge in [-0.3, -0.25) is 4.79 Å². The second kappa shape index (κ2) is 11.7. The van der Waals surface area contributed by atoms with Crippen molar-refractivity contribution in [2.45, 2.75) is 58.7 Å². The number of aryl methyl sites for hydroxylation is 2. The maximum atomic E-state index is 12.4. The smallest absolute Gasteiger partial charge is 0.267 e. The number of rotatable bonds is 12. The standard InChI is InChI=1S/C28H35N7O3/c1-5-7-23-30-25(28(2,3)37)24(26(29)36)34(23)18-19-8-10-20(11-9-19)21-12-14-22(15-13-21)27-31-32-33-35(27)16-6-17-38-4/h8-15,37H,5-7,16-18H2,1-4H3,(H2,29,36). The predicted octanol–water partition coefficient (Wildman–Crippen LogP) is 3.57. The highest BCUT2D eigenvalue weighted by Gasteiger charge is 2.30. The number of methoxy groups -OCH3 is 1. The Kier molecular flexibility index (Phi) is 8.33. The minimum Gasteiger partial charge on any atom is -0.385 e. The lowest BCUT2D eigenvalue weighted by molar-refractivity contribution is 0.0711. The number of benzene rings is 2. The van der Waals surface area contributed by atoms with Crippen molar-refractivity contribution in [3.8, 4) is 22.5 Å². The normalized spacial score (nSPS) is 11.7. The number of amides is 1. The molecular weight excluding hydrogens is 482 g/mol. The van der Waals surface area contributed by atoms with Gasteiger partial charge in [0.2, 0.25) is 0 Å². The molecule has 2 heterocycles. The first kappa shape index (κ1) is 27.2. The van der Waals surface area contributed by atoms with Crippen LogP contribution < -0.4 is 5.73 Å². The molecule has 0 spiro atoms. The molecule has 2 aromatic heterocycles. The molecule has 4 rings (SSSR count). The van der Waals surface area contributed by atoms with Gasteiger partial charge in [0.1, 0.15) is 22.8 Å². The Hall–Kier alpha value is -3.89. The summed E-state index contributed by atoms with van der Waals surface area (Å²) < 4.78 is 8.74. The number of nitrogens with two attached hydrogens (primary N) is 1. The number of ether oxygens (including phenoxy) is 1. The lowest BCUT2D eigenvalue weighted by Crippen LogP contribution is -2.25. The first-order chi connectivity index (χ1) is 18.2. The molecule has 0 aliphatic carbocycles. The van der Waals surface area contributed by atoms with Crippen LogP contribution in [0.15, 0.2) is 48.5 Å². The van der Waals surface area contributed by atoms with E-state index >= 15 is 0 Å². The number of hydrogen-bond donors (Lipinski definition) is 2. The lowest BCUT2D eigenvalue weighted by atomic mass is 10.0. The van der Waals surface area contributed by atoms with Gasteiger partial charge >= 0.3 is 0 Å². The zero-order chi connectivity index (χ0) is 27.3. The fraction of sp³-hybridized carbons (Fsp3) is 0.393. The summed E-state index contributed by atoms with van der Waals surface area (Å²) in [6.07, 6.45) is 2.36. The second-order valence-corrected chi connectivity index (χ2v) is 9.83. The Morgan fingerprint density at radius 3 is 2.26 bits per heavy atom. The van der Waals surface area contributed by atoms with Crippen LogP contribution in [0.5, 0.6) is 0 Å². The third kappa shape index (κ3) is 5.98. The van der Waals surface area contributed by atoms with Crippen LogP contribution in [0.25, 0.3) is 22.5 Å². The molecule has 0 atom stereocenters. The summed E-state index contributed by atoms with van der Waals surface area (Å²) in [5.41, 5.74) is 9.09. The van der Waals surface area contributed by atoms with Gasteiger partial charge in [-0.2, -0.15) is 0 Å². The summed E-state index contributed by atoms with van der Waals surface area (Å²) in [6, 6.07) is 16.3. The van der Waals surface area contributed by atoms with Crippen LogP contribution in [-0.4, -0.2) is 54.5 Å². The Morgan fingerprint density at radius 1 is 1.05 bits per heavy atom. The van der Waals surface area contributed by atoms with Crippen molar-refractivity contribution in [1.82, 2.24) is 29.8 Å². The number of aliphatic hydroxyl groups is 1. The van der Waals surface area contributed by atoms with E-state index in [0.29, 0.717) is 31.8 Å². The molecule has 10 heteroatoms. The summed E-state index contributed by atoms with van der Waals surface area (Å²) in [6.45, 7) is 7.05. The van der Waals surface area contributed by atoms with E-state index in [2.05, 4.69) is 51.7 Å². The maximum Gasteiger partial charge on any atom is 0.267 e. The van der Waals surface area contributed by atoms with Gasteiger partial charge < -0.3 is 20.1 Å². The second-order valence-electron chi connectivity index (χ2n) is 9.83. The van der Waals surface area contributed by atoms with Crippen molar-refractivity contribution in [3.05, 3.63) is 71.3 Å². The first-order valence-electron chi connectivity index (χ1n) is 12.8. The van der Waals surface area contributed by atoms with Crippen LogP contribution >= 0.6 is 0 Å². The molecule has 38 heavy (non-hydrogen) atoms. The molecule has 0 saturated carbocycles. The Morgan fingerprint density at radius 2 is 1.68 bits per heavy atom. The van der Waals surface area contributed by atoms with Crippen LogP contribution in [-0.2, 0) is 29.8 Å². The highest BCUT2D eigenvalue weighted by molar-refractivity contribution is 5.92. The Bertz CT molecular complexity index is 1370. The van der Waals surface area contributed by atoms with Gasteiger partial charge in [-0.15, -0.1) is 5.10 Å². The minimum atomic E-state index is -1.28. The highest BCUT2D eigenvalue weighted by Crippen LogP contribution is 2.27. The zero-order valence-electron chi connectivity index (χ0n) is 22.4. The van der Waals surface area contributed by atoms with E-state index in [4.69, 9.17) is 10.5 Å². The van der Waals surface area contributed by atoms with Gasteiger partial charge in [0, 0.05) is 38.8 Å². The summed E-state index contributed by atoms with van der Waals surface area (Å²) in [5.74, 6) is 0.864. The molecule has 0 aliphatic heterocycles. The molecule has 0 radical (unpaired) electrons. The van der Waals surface area contributed by atoms with E-state index in [0.717, 1.165) is 46.7 Å². The van der Waals surface area contributed by atoms with Crippen molar-refractivity contribution >= 4 is 5.91 Å². The predicted molar refractivity (Wildman–Crippen MR) is 144 cm³/mol. The summed E-state index contributed by atoms with van der Waals surface area (Å²) in [5, 5.41) is 22.7. The van der Waals surface area contributed by atoms with E-state index in [1.54, 1.807) is 25.6 Å². The van der Waals surface area contributed by atoms with Crippen LogP contribution in [0, 0.1) is 0 Å². The summed E-state index contributed by atoms with van der Waals surface area (Å²) in [7, 11) is 1.68. The molecule has 0 fully saturated rings. The van der Waals surface area contributed by atoms with Gasteiger partial charge in [0.25, 0.3) is 5.91 Å². The third-order valence-corrected chi connectivity index (χ3v) is 6.35. The monoisotopic (exact) mass is 517 g/mol. The van der Waals surface area contributed by atoms with Crippen LogP contribution in [0.2, 0.25) is 0 Å². The zero-order valence-corrected chi connectivity index (χ0v) is 22.4. The van der Waals surface area contributed by atoms with E-state index in [1.807, 2.05) is 28.8 Å². The topological polar surface area (TPSA) is 134 Å². The van der Waals surface area contributed by atoms with Crippen molar-refractivity contribution in [2.75, 3.05) is 13.7 Å². The molecule has 3 N–H and O–H groups in total. The van der Waals surface area contributed by atoms with E-state index in [1.165, 1.54) is 0 Å². The molecule has 0 bridgehead atoms. The van der Waals surface area contributed by atoms with E-state index in [9.17, 15) is 9.90 Å². The highest BCUT2D eigenvalue weighted by atomic mass is 16.5. The van der Waals surface area contributed by atoms with Crippen LogP contribution in [0.1, 0.15) is 61.2 Å².